The van der Waals surface area contributed by atoms with Crippen molar-refractivity contribution in [2.75, 3.05) is 19.8 Å². The first kappa shape index (κ1) is 12.0. The molecule has 1 saturated heterocycles. The van der Waals surface area contributed by atoms with Crippen molar-refractivity contribution in [2.24, 2.45) is 11.1 Å². The van der Waals surface area contributed by atoms with Crippen molar-refractivity contribution in [2.45, 2.75) is 12.5 Å². The minimum absolute atomic E-state index is 0.319. The maximum atomic E-state index is 10.4. The summed E-state index contributed by atoms with van der Waals surface area (Å²) in [7, 11) is 0. The average Bonchev–Trinajstić information content (AvgIpc) is 2.78. The summed E-state index contributed by atoms with van der Waals surface area (Å²) in [6, 6.07) is 7.71. The lowest BCUT2D eigenvalue weighted by molar-refractivity contribution is 0.0190. The van der Waals surface area contributed by atoms with Gasteiger partial charge in [-0.05, 0) is 24.1 Å². The average molecular weight is 286 g/mol. The Morgan fingerprint density at radius 1 is 1.56 bits per heavy atom. The molecule has 1 fully saturated rings. The first-order chi connectivity index (χ1) is 7.68. The molecule has 1 heterocycles. The standard InChI is InChI=1S/C12H16BrNO2/c13-10-3-1-2-9(6-10)11(15)12(7-14)4-5-16-8-12/h1-3,6,11,15H,4-5,7-8,14H2. The zero-order valence-electron chi connectivity index (χ0n) is 9.03. The van der Waals surface area contributed by atoms with Gasteiger partial charge in [-0.1, -0.05) is 28.1 Å². The van der Waals surface area contributed by atoms with Gasteiger partial charge in [0.05, 0.1) is 12.7 Å². The van der Waals surface area contributed by atoms with Gasteiger partial charge < -0.3 is 15.6 Å². The molecule has 0 spiro atoms. The molecule has 3 N–H and O–H groups in total. The Labute approximate surface area is 104 Å². The minimum atomic E-state index is -0.558. The van der Waals surface area contributed by atoms with Gasteiger partial charge in [0.15, 0.2) is 0 Å². The Hall–Kier alpha value is -0.420. The molecule has 2 unspecified atom stereocenters. The summed E-state index contributed by atoms with van der Waals surface area (Å²) >= 11 is 3.40. The molecular formula is C12H16BrNO2. The number of halogens is 1. The molecule has 88 valence electrons. The first-order valence-electron chi connectivity index (χ1n) is 5.39. The molecule has 16 heavy (non-hydrogen) atoms. The van der Waals surface area contributed by atoms with Crippen LogP contribution >= 0.6 is 15.9 Å². The van der Waals surface area contributed by atoms with Gasteiger partial charge in [0, 0.05) is 23.0 Å². The van der Waals surface area contributed by atoms with E-state index in [1.165, 1.54) is 0 Å². The fourth-order valence-corrected chi connectivity index (χ4v) is 2.56. The molecule has 3 nitrogen and oxygen atoms in total. The summed E-state index contributed by atoms with van der Waals surface area (Å²) < 4.78 is 6.34. The van der Waals surface area contributed by atoms with Crippen LogP contribution in [0.15, 0.2) is 28.7 Å². The van der Waals surface area contributed by atoms with Crippen LogP contribution in [0.2, 0.25) is 0 Å². The molecule has 0 saturated carbocycles. The molecule has 1 aromatic carbocycles. The van der Waals surface area contributed by atoms with Gasteiger partial charge in [-0.15, -0.1) is 0 Å². The molecule has 0 aromatic heterocycles. The van der Waals surface area contributed by atoms with Crippen LogP contribution < -0.4 is 5.73 Å². The van der Waals surface area contributed by atoms with Crippen LogP contribution in [0.5, 0.6) is 0 Å². The molecular weight excluding hydrogens is 270 g/mol. The number of nitrogens with two attached hydrogens (primary N) is 1. The fraction of sp³-hybridized carbons (Fsp3) is 0.500. The lowest BCUT2D eigenvalue weighted by Crippen LogP contribution is -2.37. The number of hydrogen-bond acceptors (Lipinski definition) is 3. The maximum absolute atomic E-state index is 10.4. The van der Waals surface area contributed by atoms with Crippen LogP contribution in [0, 0.1) is 5.41 Å². The third kappa shape index (κ3) is 2.15. The second kappa shape index (κ2) is 4.84. The molecule has 1 aliphatic heterocycles. The highest BCUT2D eigenvalue weighted by atomic mass is 79.9. The van der Waals surface area contributed by atoms with E-state index in [0.29, 0.717) is 19.8 Å². The van der Waals surface area contributed by atoms with E-state index in [1.54, 1.807) is 0 Å². The monoisotopic (exact) mass is 285 g/mol. The number of ether oxygens (including phenoxy) is 1. The van der Waals surface area contributed by atoms with E-state index in [4.69, 9.17) is 10.5 Å². The van der Waals surface area contributed by atoms with Gasteiger partial charge in [0.25, 0.3) is 0 Å². The number of aliphatic hydroxyl groups is 1. The molecule has 2 atom stereocenters. The normalized spacial score (nSPS) is 26.9. The Bertz CT molecular complexity index is 364. The molecule has 0 bridgehead atoms. The van der Waals surface area contributed by atoms with Gasteiger partial charge in [-0.25, -0.2) is 0 Å². The predicted octanol–water partition coefficient (Wildman–Crippen LogP) is 1.85. The Kier molecular flexibility index (Phi) is 3.64. The van der Waals surface area contributed by atoms with Crippen molar-refractivity contribution < 1.29 is 9.84 Å². The predicted molar refractivity (Wildman–Crippen MR) is 66.0 cm³/mol. The zero-order chi connectivity index (χ0) is 11.6. The van der Waals surface area contributed by atoms with Gasteiger partial charge in [0.1, 0.15) is 0 Å². The van der Waals surface area contributed by atoms with Crippen LogP contribution in [-0.2, 0) is 4.74 Å². The van der Waals surface area contributed by atoms with E-state index in [-0.39, 0.29) is 5.41 Å². The van der Waals surface area contributed by atoms with Gasteiger partial charge >= 0.3 is 0 Å². The van der Waals surface area contributed by atoms with E-state index in [9.17, 15) is 5.11 Å². The summed E-state index contributed by atoms with van der Waals surface area (Å²) in [5.41, 5.74) is 6.37. The van der Waals surface area contributed by atoms with Crippen molar-refractivity contribution in [1.82, 2.24) is 0 Å². The Morgan fingerprint density at radius 3 is 2.94 bits per heavy atom. The van der Waals surface area contributed by atoms with E-state index < -0.39 is 6.10 Å². The largest absolute Gasteiger partial charge is 0.388 e. The van der Waals surface area contributed by atoms with Crippen LogP contribution in [0.25, 0.3) is 0 Å². The molecule has 2 rings (SSSR count). The van der Waals surface area contributed by atoms with Crippen molar-refractivity contribution >= 4 is 15.9 Å². The highest BCUT2D eigenvalue weighted by molar-refractivity contribution is 9.10. The second-order valence-corrected chi connectivity index (χ2v) is 5.24. The van der Waals surface area contributed by atoms with Crippen LogP contribution in [0.3, 0.4) is 0 Å². The SMILES string of the molecule is NCC1(C(O)c2cccc(Br)c2)CCOC1. The van der Waals surface area contributed by atoms with E-state index >= 15 is 0 Å². The maximum Gasteiger partial charge on any atom is 0.0881 e. The molecule has 0 radical (unpaired) electrons. The fourth-order valence-electron chi connectivity index (χ4n) is 2.14. The van der Waals surface area contributed by atoms with Gasteiger partial charge in [-0.3, -0.25) is 0 Å². The van der Waals surface area contributed by atoms with Crippen molar-refractivity contribution in [3.8, 4) is 0 Å². The topological polar surface area (TPSA) is 55.5 Å². The van der Waals surface area contributed by atoms with E-state index in [1.807, 2.05) is 24.3 Å². The second-order valence-electron chi connectivity index (χ2n) is 4.33. The molecule has 0 amide bonds. The number of hydrogen-bond donors (Lipinski definition) is 2. The summed E-state index contributed by atoms with van der Waals surface area (Å²) in [6.45, 7) is 1.67. The lowest BCUT2D eigenvalue weighted by Gasteiger charge is -2.31. The zero-order valence-corrected chi connectivity index (χ0v) is 10.6. The highest BCUT2D eigenvalue weighted by Crippen LogP contribution is 2.40. The van der Waals surface area contributed by atoms with Crippen molar-refractivity contribution in [1.29, 1.82) is 0 Å². The number of aliphatic hydroxyl groups excluding tert-OH is 1. The minimum Gasteiger partial charge on any atom is -0.388 e. The van der Waals surface area contributed by atoms with Gasteiger partial charge in [0.2, 0.25) is 0 Å². The quantitative estimate of drug-likeness (QED) is 0.891. The smallest absolute Gasteiger partial charge is 0.0881 e. The van der Waals surface area contributed by atoms with Crippen LogP contribution in [0.1, 0.15) is 18.1 Å². The van der Waals surface area contributed by atoms with Crippen LogP contribution in [-0.4, -0.2) is 24.9 Å². The Morgan fingerprint density at radius 2 is 2.38 bits per heavy atom. The molecule has 0 aliphatic carbocycles. The van der Waals surface area contributed by atoms with Gasteiger partial charge in [-0.2, -0.15) is 0 Å². The first-order valence-corrected chi connectivity index (χ1v) is 6.19. The summed E-state index contributed by atoms with van der Waals surface area (Å²) in [5, 5.41) is 10.4. The van der Waals surface area contributed by atoms with Crippen LogP contribution in [0.4, 0.5) is 0 Å². The summed E-state index contributed by atoms with van der Waals surface area (Å²) in [5.74, 6) is 0. The highest BCUT2D eigenvalue weighted by Gasteiger charge is 2.41. The van der Waals surface area contributed by atoms with Crippen molar-refractivity contribution in [3.05, 3.63) is 34.3 Å². The van der Waals surface area contributed by atoms with E-state index in [0.717, 1.165) is 16.5 Å². The summed E-state index contributed by atoms with van der Waals surface area (Å²) in [6.07, 6.45) is 0.259. The lowest BCUT2D eigenvalue weighted by atomic mass is 9.78. The van der Waals surface area contributed by atoms with E-state index in [2.05, 4.69) is 15.9 Å². The molecule has 1 aromatic rings. The number of rotatable bonds is 3. The third-order valence-electron chi connectivity index (χ3n) is 3.28. The Balaban J connectivity index is 2.26. The summed E-state index contributed by atoms with van der Waals surface area (Å²) in [4.78, 5) is 0. The van der Waals surface area contributed by atoms with Crippen molar-refractivity contribution in [3.63, 3.8) is 0 Å². The third-order valence-corrected chi connectivity index (χ3v) is 3.78. The molecule has 4 heteroatoms. The molecule has 1 aliphatic rings. The number of benzene rings is 1.